The first-order valence-corrected chi connectivity index (χ1v) is 8.11. The second kappa shape index (κ2) is 5.80. The van der Waals surface area contributed by atoms with Gasteiger partial charge in [0, 0.05) is 12.2 Å². The summed E-state index contributed by atoms with van der Waals surface area (Å²) in [6, 6.07) is 5.84. The van der Waals surface area contributed by atoms with E-state index < -0.39 is 20.9 Å². The highest BCUT2D eigenvalue weighted by Gasteiger charge is 2.20. The van der Waals surface area contributed by atoms with Crippen LogP contribution in [0.25, 0.3) is 0 Å². The molecule has 0 aliphatic heterocycles. The lowest BCUT2D eigenvalue weighted by Gasteiger charge is -2.06. The van der Waals surface area contributed by atoms with E-state index in [-0.39, 0.29) is 16.3 Å². The van der Waals surface area contributed by atoms with Crippen LogP contribution in [0.1, 0.15) is 21.6 Å². The van der Waals surface area contributed by atoms with Crippen LogP contribution in [0.4, 0.5) is 0 Å². The van der Waals surface area contributed by atoms with Crippen LogP contribution in [-0.4, -0.2) is 24.5 Å². The number of aryl methyl sites for hydroxylation is 1. The number of H-pyrrole nitrogens is 1. The monoisotopic (exact) mass is 328 g/mol. The molecule has 0 saturated carbocycles. The van der Waals surface area contributed by atoms with Gasteiger partial charge in [-0.15, -0.1) is 0 Å². The summed E-state index contributed by atoms with van der Waals surface area (Å²) >= 11 is 0.624. The maximum absolute atomic E-state index is 12.1. The first-order valence-electron chi connectivity index (χ1n) is 5.81. The lowest BCUT2D eigenvalue weighted by atomic mass is 10.1. The van der Waals surface area contributed by atoms with Gasteiger partial charge in [-0.1, -0.05) is 23.5 Å². The molecule has 7 nitrogen and oxygen atoms in total. The minimum atomic E-state index is -3.77. The highest BCUT2D eigenvalue weighted by atomic mass is 32.2. The van der Waals surface area contributed by atoms with Gasteiger partial charge >= 0.3 is 10.8 Å². The minimum absolute atomic E-state index is 0.00770. The molecule has 0 aliphatic rings. The third-order valence-electron chi connectivity index (χ3n) is 2.69. The Balaban J connectivity index is 2.13. The Kier molecular flexibility index (Phi) is 4.26. The summed E-state index contributed by atoms with van der Waals surface area (Å²) in [6.45, 7) is 1.52. The first-order chi connectivity index (χ1) is 9.79. The maximum Gasteiger partial charge on any atom is 0.335 e. The Morgan fingerprint density at radius 3 is 2.43 bits per heavy atom. The zero-order valence-corrected chi connectivity index (χ0v) is 12.5. The summed E-state index contributed by atoms with van der Waals surface area (Å²) in [5.41, 5.74) is 1.03. The number of hydrogen-bond donors (Lipinski definition) is 3. The summed E-state index contributed by atoms with van der Waals surface area (Å²) in [7, 11) is -3.77. The van der Waals surface area contributed by atoms with Gasteiger partial charge in [-0.05, 0) is 24.6 Å². The fourth-order valence-corrected chi connectivity index (χ4v) is 4.02. The summed E-state index contributed by atoms with van der Waals surface area (Å²) in [5.74, 6) is -1.05. The first kappa shape index (κ1) is 15.4. The quantitative estimate of drug-likeness (QED) is 0.754. The van der Waals surface area contributed by atoms with E-state index in [0.29, 0.717) is 22.6 Å². The van der Waals surface area contributed by atoms with Crippen LogP contribution in [0, 0.1) is 6.92 Å². The average Bonchev–Trinajstić information content (AvgIpc) is 2.77. The summed E-state index contributed by atoms with van der Waals surface area (Å²) in [5, 5.41) is 8.77. The minimum Gasteiger partial charge on any atom is -0.478 e. The van der Waals surface area contributed by atoms with Gasteiger partial charge < -0.3 is 10.1 Å². The number of benzene rings is 1. The van der Waals surface area contributed by atoms with Crippen molar-refractivity contribution >= 4 is 27.3 Å². The molecule has 2 aromatic rings. The largest absolute Gasteiger partial charge is 0.478 e. The van der Waals surface area contributed by atoms with Crippen LogP contribution in [0.5, 0.6) is 0 Å². The maximum atomic E-state index is 12.1. The molecular weight excluding hydrogens is 316 g/mol. The van der Waals surface area contributed by atoms with E-state index in [1.54, 1.807) is 0 Å². The van der Waals surface area contributed by atoms with E-state index in [4.69, 9.17) is 5.11 Å². The molecule has 0 aliphatic carbocycles. The number of carboxylic acid groups (broad SMARTS) is 1. The number of aromatic amines is 1. The number of carbonyl (C=O) groups is 1. The molecule has 9 heteroatoms. The fraction of sp³-hybridized carbons (Fsp3) is 0.167. The second-order valence-electron chi connectivity index (χ2n) is 4.25. The van der Waals surface area contributed by atoms with Gasteiger partial charge in [0.2, 0.25) is 0 Å². The number of rotatable bonds is 5. The predicted octanol–water partition coefficient (Wildman–Crippen LogP) is 0.922. The molecule has 1 aromatic heterocycles. The molecule has 2 rings (SSSR count). The van der Waals surface area contributed by atoms with Crippen LogP contribution < -0.4 is 9.60 Å². The van der Waals surface area contributed by atoms with E-state index in [1.165, 1.54) is 31.2 Å². The van der Waals surface area contributed by atoms with E-state index in [1.807, 2.05) is 0 Å². The Morgan fingerprint density at radius 2 is 1.95 bits per heavy atom. The van der Waals surface area contributed by atoms with Crippen molar-refractivity contribution in [1.29, 1.82) is 0 Å². The molecule has 0 bridgehead atoms. The lowest BCUT2D eigenvalue weighted by molar-refractivity contribution is 0.0697. The van der Waals surface area contributed by atoms with Crippen LogP contribution in [0.15, 0.2) is 33.3 Å². The lowest BCUT2D eigenvalue weighted by Crippen LogP contribution is -2.23. The standard InChI is InChI=1S/C12H12N2O5S2/c1-7-11(20-12(17)14-7)21(18,19)13-6-8-2-4-9(5-3-8)10(15)16/h2-5,13H,6H2,1H3,(H,14,17)(H,15,16). The van der Waals surface area contributed by atoms with E-state index >= 15 is 0 Å². The number of hydrogen-bond acceptors (Lipinski definition) is 5. The van der Waals surface area contributed by atoms with Crippen molar-refractivity contribution in [3.63, 3.8) is 0 Å². The van der Waals surface area contributed by atoms with Crippen molar-refractivity contribution in [2.24, 2.45) is 0 Å². The van der Waals surface area contributed by atoms with Gasteiger partial charge in [0.25, 0.3) is 10.0 Å². The number of thiazole rings is 1. The molecule has 0 atom stereocenters. The molecule has 3 N–H and O–H groups in total. The molecule has 21 heavy (non-hydrogen) atoms. The van der Waals surface area contributed by atoms with Gasteiger partial charge in [0.05, 0.1) is 5.56 Å². The van der Waals surface area contributed by atoms with Crippen LogP contribution >= 0.6 is 11.3 Å². The molecular formula is C12H12N2O5S2. The smallest absolute Gasteiger partial charge is 0.335 e. The normalized spacial score (nSPS) is 11.5. The van der Waals surface area contributed by atoms with Gasteiger partial charge in [-0.25, -0.2) is 17.9 Å². The topological polar surface area (TPSA) is 116 Å². The predicted molar refractivity (Wildman–Crippen MR) is 77.1 cm³/mol. The highest BCUT2D eigenvalue weighted by Crippen LogP contribution is 2.16. The van der Waals surface area contributed by atoms with Crippen molar-refractivity contribution in [2.75, 3.05) is 0 Å². The number of carboxylic acids is 1. The Morgan fingerprint density at radius 1 is 1.33 bits per heavy atom. The van der Waals surface area contributed by atoms with Gasteiger partial charge in [-0.2, -0.15) is 0 Å². The van der Waals surface area contributed by atoms with Crippen molar-refractivity contribution in [1.82, 2.24) is 9.71 Å². The molecule has 1 aromatic carbocycles. The summed E-state index contributed by atoms with van der Waals surface area (Å²) in [4.78, 5) is 23.8. The molecule has 0 amide bonds. The van der Waals surface area contributed by atoms with Crippen LogP contribution in [0.2, 0.25) is 0 Å². The van der Waals surface area contributed by atoms with Crippen molar-refractivity contribution in [3.05, 3.63) is 50.8 Å². The Hall–Kier alpha value is -1.97. The van der Waals surface area contributed by atoms with Gasteiger partial charge in [-0.3, -0.25) is 4.79 Å². The average molecular weight is 328 g/mol. The van der Waals surface area contributed by atoms with Crippen LogP contribution in [0.3, 0.4) is 0 Å². The zero-order chi connectivity index (χ0) is 15.6. The van der Waals surface area contributed by atoms with Gasteiger partial charge in [0.15, 0.2) is 4.21 Å². The molecule has 112 valence electrons. The number of aromatic carboxylic acids is 1. The third kappa shape index (κ3) is 3.57. The molecule has 0 fully saturated rings. The Bertz CT molecular complexity index is 818. The molecule has 1 heterocycles. The third-order valence-corrected chi connectivity index (χ3v) is 5.70. The summed E-state index contributed by atoms with van der Waals surface area (Å²) < 4.78 is 26.4. The van der Waals surface area contributed by atoms with E-state index in [0.717, 1.165) is 0 Å². The number of aromatic nitrogens is 1. The van der Waals surface area contributed by atoms with Crippen molar-refractivity contribution in [3.8, 4) is 0 Å². The molecule has 0 unspecified atom stereocenters. The van der Waals surface area contributed by atoms with E-state index in [2.05, 4.69) is 9.71 Å². The second-order valence-corrected chi connectivity index (χ2v) is 7.20. The van der Waals surface area contributed by atoms with Gasteiger partial charge in [0.1, 0.15) is 0 Å². The van der Waals surface area contributed by atoms with Crippen molar-refractivity contribution < 1.29 is 18.3 Å². The zero-order valence-electron chi connectivity index (χ0n) is 10.9. The highest BCUT2D eigenvalue weighted by molar-refractivity contribution is 7.91. The molecule has 0 radical (unpaired) electrons. The van der Waals surface area contributed by atoms with E-state index in [9.17, 15) is 18.0 Å². The summed E-state index contributed by atoms with van der Waals surface area (Å²) in [6.07, 6.45) is 0. The fourth-order valence-electron chi connectivity index (χ4n) is 1.66. The van der Waals surface area contributed by atoms with Crippen molar-refractivity contribution in [2.45, 2.75) is 17.7 Å². The van der Waals surface area contributed by atoms with Crippen LogP contribution in [-0.2, 0) is 16.6 Å². The SMILES string of the molecule is Cc1[nH]c(=O)sc1S(=O)(=O)NCc1ccc(C(=O)O)cc1. The number of sulfonamides is 1. The molecule has 0 spiro atoms. The molecule has 0 saturated heterocycles. The number of nitrogens with one attached hydrogen (secondary N) is 2. The Labute approximate surface area is 124 Å².